The van der Waals surface area contributed by atoms with Crippen LogP contribution in [0, 0.1) is 0 Å². The summed E-state index contributed by atoms with van der Waals surface area (Å²) in [5.74, 6) is 1.02. The Labute approximate surface area is 111 Å². The van der Waals surface area contributed by atoms with Crippen LogP contribution in [0.15, 0.2) is 12.5 Å². The van der Waals surface area contributed by atoms with E-state index in [9.17, 15) is 0 Å². The van der Waals surface area contributed by atoms with Gasteiger partial charge in [-0.05, 0) is 34.1 Å². The summed E-state index contributed by atoms with van der Waals surface area (Å²) in [5, 5.41) is 3.48. The third-order valence-corrected chi connectivity index (χ3v) is 3.16. The number of rotatable bonds is 5. The Kier molecular flexibility index (Phi) is 5.08. The molecule has 0 fully saturated rings. The molecule has 0 aliphatic rings. The third-order valence-electron chi connectivity index (χ3n) is 3.16. The highest BCUT2D eigenvalue weighted by molar-refractivity contribution is 5.45. The molecule has 4 heteroatoms. The lowest BCUT2D eigenvalue weighted by Crippen LogP contribution is -2.36. The average Bonchev–Trinajstić information content (AvgIpc) is 2.34. The van der Waals surface area contributed by atoms with E-state index in [-0.39, 0.29) is 5.54 Å². The molecule has 0 spiro atoms. The van der Waals surface area contributed by atoms with Gasteiger partial charge in [-0.25, -0.2) is 9.97 Å². The zero-order valence-electron chi connectivity index (χ0n) is 12.5. The maximum atomic E-state index is 4.42. The van der Waals surface area contributed by atoms with Gasteiger partial charge in [0.25, 0.3) is 0 Å². The summed E-state index contributed by atoms with van der Waals surface area (Å²) in [5.41, 5.74) is 1.25. The molecule has 1 atom stereocenters. The quantitative estimate of drug-likeness (QED) is 0.872. The van der Waals surface area contributed by atoms with E-state index in [4.69, 9.17) is 0 Å². The van der Waals surface area contributed by atoms with E-state index in [0.717, 1.165) is 24.3 Å². The largest absolute Gasteiger partial charge is 0.357 e. The van der Waals surface area contributed by atoms with E-state index in [1.807, 2.05) is 6.20 Å². The van der Waals surface area contributed by atoms with Crippen LogP contribution in [0.2, 0.25) is 0 Å². The summed E-state index contributed by atoms with van der Waals surface area (Å²) in [4.78, 5) is 10.8. The fourth-order valence-electron chi connectivity index (χ4n) is 1.64. The highest BCUT2D eigenvalue weighted by Crippen LogP contribution is 2.18. The molecule has 1 N–H and O–H groups in total. The van der Waals surface area contributed by atoms with Gasteiger partial charge in [-0.2, -0.15) is 0 Å². The summed E-state index contributed by atoms with van der Waals surface area (Å²) in [6.07, 6.45) is 4.63. The molecule has 0 bridgehead atoms. The molecule has 0 saturated carbocycles. The highest BCUT2D eigenvalue weighted by atomic mass is 15.2. The van der Waals surface area contributed by atoms with Crippen LogP contribution in [0.1, 0.15) is 46.6 Å². The Morgan fingerprint density at radius 1 is 1.39 bits per heavy atom. The Hall–Kier alpha value is -1.16. The normalized spacial score (nSPS) is 13.4. The minimum atomic E-state index is 0.0993. The van der Waals surface area contributed by atoms with Crippen LogP contribution in [0.3, 0.4) is 0 Å². The molecule has 0 saturated heterocycles. The van der Waals surface area contributed by atoms with Crippen LogP contribution < -0.4 is 10.2 Å². The predicted molar refractivity (Wildman–Crippen MR) is 76.8 cm³/mol. The number of hydrogen-bond donors (Lipinski definition) is 1. The monoisotopic (exact) mass is 250 g/mol. The Morgan fingerprint density at radius 2 is 2.06 bits per heavy atom. The van der Waals surface area contributed by atoms with Gasteiger partial charge in [0.1, 0.15) is 12.1 Å². The fraction of sp³-hybridized carbons (Fsp3) is 0.714. The molecule has 0 radical (unpaired) electrons. The van der Waals surface area contributed by atoms with Crippen molar-refractivity contribution in [2.75, 3.05) is 11.9 Å². The van der Waals surface area contributed by atoms with Crippen LogP contribution in [0.5, 0.6) is 0 Å². The van der Waals surface area contributed by atoms with E-state index in [2.05, 4.69) is 61.9 Å². The van der Waals surface area contributed by atoms with Crippen molar-refractivity contribution in [3.05, 3.63) is 18.1 Å². The zero-order valence-corrected chi connectivity index (χ0v) is 12.5. The average molecular weight is 250 g/mol. The number of anilines is 1. The van der Waals surface area contributed by atoms with E-state index in [1.165, 1.54) is 0 Å². The van der Waals surface area contributed by atoms with E-state index in [1.54, 1.807) is 6.33 Å². The molecule has 1 aromatic rings. The van der Waals surface area contributed by atoms with Crippen LogP contribution in [0.25, 0.3) is 0 Å². The number of aromatic nitrogens is 2. The van der Waals surface area contributed by atoms with Gasteiger partial charge in [-0.1, -0.05) is 6.92 Å². The van der Waals surface area contributed by atoms with Gasteiger partial charge < -0.3 is 10.2 Å². The molecule has 4 nitrogen and oxygen atoms in total. The van der Waals surface area contributed by atoms with E-state index in [0.29, 0.717) is 6.04 Å². The Bertz CT molecular complexity index is 370. The summed E-state index contributed by atoms with van der Waals surface area (Å²) in [7, 11) is 2.09. The molecule has 1 unspecified atom stereocenters. The molecule has 0 aliphatic heterocycles. The Morgan fingerprint density at radius 3 is 2.61 bits per heavy atom. The van der Waals surface area contributed by atoms with Crippen molar-refractivity contribution >= 4 is 5.82 Å². The van der Waals surface area contributed by atoms with Crippen LogP contribution in [-0.4, -0.2) is 28.6 Å². The van der Waals surface area contributed by atoms with Gasteiger partial charge in [0.05, 0.1) is 0 Å². The molecule has 102 valence electrons. The van der Waals surface area contributed by atoms with Crippen molar-refractivity contribution in [2.24, 2.45) is 0 Å². The molecule has 1 rings (SSSR count). The second-order valence-electron chi connectivity index (χ2n) is 5.84. The predicted octanol–water partition coefficient (Wildman–Crippen LogP) is 2.60. The van der Waals surface area contributed by atoms with Crippen molar-refractivity contribution in [3.8, 4) is 0 Å². The number of nitrogens with one attached hydrogen (secondary N) is 1. The standard InChI is InChI=1S/C14H26N4/c1-7-11(2)18(6)13-12(8-15-10-16-13)9-17-14(3,4)5/h8,10-11,17H,7,9H2,1-6H3. The van der Waals surface area contributed by atoms with Gasteiger partial charge >= 0.3 is 0 Å². The van der Waals surface area contributed by atoms with Crippen molar-refractivity contribution in [3.63, 3.8) is 0 Å². The second-order valence-corrected chi connectivity index (χ2v) is 5.84. The summed E-state index contributed by atoms with van der Waals surface area (Å²) in [6, 6.07) is 0.480. The minimum absolute atomic E-state index is 0.0993. The first kappa shape index (κ1) is 14.9. The fourth-order valence-corrected chi connectivity index (χ4v) is 1.64. The lowest BCUT2D eigenvalue weighted by molar-refractivity contribution is 0.423. The minimum Gasteiger partial charge on any atom is -0.357 e. The summed E-state index contributed by atoms with van der Waals surface area (Å²) < 4.78 is 0. The molecule has 1 heterocycles. The summed E-state index contributed by atoms with van der Waals surface area (Å²) in [6.45, 7) is 11.7. The highest BCUT2D eigenvalue weighted by Gasteiger charge is 2.15. The topological polar surface area (TPSA) is 41.1 Å². The van der Waals surface area contributed by atoms with E-state index < -0.39 is 0 Å². The maximum absolute atomic E-state index is 4.42. The first-order valence-electron chi connectivity index (χ1n) is 6.62. The first-order chi connectivity index (χ1) is 8.35. The second kappa shape index (κ2) is 6.14. The van der Waals surface area contributed by atoms with Crippen LogP contribution >= 0.6 is 0 Å². The molecular formula is C14H26N4. The van der Waals surface area contributed by atoms with Crippen molar-refractivity contribution in [1.29, 1.82) is 0 Å². The lowest BCUT2D eigenvalue weighted by Gasteiger charge is -2.28. The van der Waals surface area contributed by atoms with Crippen molar-refractivity contribution in [2.45, 2.75) is 59.2 Å². The van der Waals surface area contributed by atoms with Crippen LogP contribution in [0.4, 0.5) is 5.82 Å². The third kappa shape index (κ3) is 4.26. The molecule has 18 heavy (non-hydrogen) atoms. The molecular weight excluding hydrogens is 224 g/mol. The Balaban J connectivity index is 2.86. The maximum Gasteiger partial charge on any atom is 0.136 e. The van der Waals surface area contributed by atoms with Crippen molar-refractivity contribution in [1.82, 2.24) is 15.3 Å². The summed E-state index contributed by atoms with van der Waals surface area (Å²) >= 11 is 0. The number of nitrogens with zero attached hydrogens (tertiary/aromatic N) is 3. The zero-order chi connectivity index (χ0) is 13.8. The van der Waals surface area contributed by atoms with Gasteiger partial charge in [-0.15, -0.1) is 0 Å². The smallest absolute Gasteiger partial charge is 0.136 e. The molecule has 0 aliphatic carbocycles. The van der Waals surface area contributed by atoms with Gasteiger partial charge in [-0.3, -0.25) is 0 Å². The van der Waals surface area contributed by atoms with Crippen molar-refractivity contribution < 1.29 is 0 Å². The molecule has 0 aromatic carbocycles. The molecule has 0 amide bonds. The van der Waals surface area contributed by atoms with Crippen LogP contribution in [-0.2, 0) is 6.54 Å². The SMILES string of the molecule is CCC(C)N(C)c1ncncc1CNC(C)(C)C. The lowest BCUT2D eigenvalue weighted by atomic mass is 10.1. The van der Waals surface area contributed by atoms with Gasteiger partial charge in [0.15, 0.2) is 0 Å². The first-order valence-corrected chi connectivity index (χ1v) is 6.62. The number of hydrogen-bond acceptors (Lipinski definition) is 4. The molecule has 1 aromatic heterocycles. The van der Waals surface area contributed by atoms with E-state index >= 15 is 0 Å². The van der Waals surface area contributed by atoms with Gasteiger partial charge in [0, 0.05) is 36.9 Å². The van der Waals surface area contributed by atoms with Gasteiger partial charge in [0.2, 0.25) is 0 Å².